The van der Waals surface area contributed by atoms with Gasteiger partial charge in [-0.2, -0.15) is 0 Å². The van der Waals surface area contributed by atoms with Crippen LogP contribution in [0.1, 0.15) is 23.0 Å². The zero-order chi connectivity index (χ0) is 12.4. The molecule has 0 saturated carbocycles. The first-order valence-electron chi connectivity index (χ1n) is 5.07. The number of fused-ring (bicyclic) bond motifs is 1. The van der Waals surface area contributed by atoms with E-state index in [0.717, 1.165) is 5.52 Å². The van der Waals surface area contributed by atoms with Gasteiger partial charge >= 0.3 is 5.97 Å². The van der Waals surface area contributed by atoms with E-state index in [1.165, 1.54) is 0 Å². The summed E-state index contributed by atoms with van der Waals surface area (Å²) in [5.41, 5.74) is 2.51. The van der Waals surface area contributed by atoms with Gasteiger partial charge in [-0.25, -0.2) is 9.78 Å². The van der Waals surface area contributed by atoms with Crippen molar-refractivity contribution >= 4 is 44.5 Å². The Morgan fingerprint density at radius 3 is 3.00 bits per heavy atom. The van der Waals surface area contributed by atoms with Crippen LogP contribution >= 0.6 is 27.5 Å². The van der Waals surface area contributed by atoms with Crippen LogP contribution in [0.25, 0.3) is 11.0 Å². The highest BCUT2D eigenvalue weighted by Crippen LogP contribution is 2.24. The molecule has 1 N–H and O–H groups in total. The average molecular weight is 318 g/mol. The fourth-order valence-corrected chi connectivity index (χ4v) is 2.17. The van der Waals surface area contributed by atoms with Crippen LogP contribution in [0.5, 0.6) is 0 Å². The Kier molecular flexibility index (Phi) is 3.69. The van der Waals surface area contributed by atoms with Gasteiger partial charge in [-0.1, -0.05) is 0 Å². The molecule has 0 aromatic carbocycles. The number of hydrogen-bond acceptors (Lipinski definition) is 3. The third-order valence-electron chi connectivity index (χ3n) is 2.32. The van der Waals surface area contributed by atoms with Gasteiger partial charge in [0.05, 0.1) is 23.5 Å². The molecule has 0 aliphatic heterocycles. The molecule has 0 spiro atoms. The second kappa shape index (κ2) is 5.06. The van der Waals surface area contributed by atoms with E-state index in [0.29, 0.717) is 28.0 Å². The third kappa shape index (κ3) is 2.30. The maximum atomic E-state index is 11.7. The smallest absolute Gasteiger partial charge is 0.355 e. The minimum Gasteiger partial charge on any atom is -0.461 e. The van der Waals surface area contributed by atoms with Gasteiger partial charge in [-0.15, -0.1) is 11.6 Å². The number of rotatable bonds is 3. The molecule has 4 nitrogen and oxygen atoms in total. The second-order valence-corrected chi connectivity index (χ2v) is 4.44. The number of carbonyl (C=O) groups is 1. The number of carbonyl (C=O) groups excluding carboxylic acids is 1. The van der Waals surface area contributed by atoms with Gasteiger partial charge in [0, 0.05) is 5.56 Å². The second-order valence-electron chi connectivity index (χ2n) is 3.36. The molecule has 2 aromatic heterocycles. The molecule has 0 amide bonds. The number of halogens is 2. The van der Waals surface area contributed by atoms with E-state index < -0.39 is 5.97 Å². The molecule has 0 radical (unpaired) electrons. The fraction of sp³-hybridized carbons (Fsp3) is 0.273. The number of esters is 1. The van der Waals surface area contributed by atoms with Crippen LogP contribution in [0.2, 0.25) is 0 Å². The summed E-state index contributed by atoms with van der Waals surface area (Å²) < 4.78 is 5.66. The van der Waals surface area contributed by atoms with Crippen LogP contribution in [0.4, 0.5) is 0 Å². The van der Waals surface area contributed by atoms with E-state index in [-0.39, 0.29) is 5.88 Å². The van der Waals surface area contributed by atoms with Crippen molar-refractivity contribution in [2.75, 3.05) is 6.61 Å². The number of nitrogens with one attached hydrogen (secondary N) is 1. The van der Waals surface area contributed by atoms with Crippen LogP contribution in [0, 0.1) is 0 Å². The van der Waals surface area contributed by atoms with Crippen molar-refractivity contribution < 1.29 is 9.53 Å². The first kappa shape index (κ1) is 12.4. The van der Waals surface area contributed by atoms with Gasteiger partial charge in [0.2, 0.25) is 0 Å². The predicted molar refractivity (Wildman–Crippen MR) is 69.3 cm³/mol. The third-order valence-corrected chi connectivity index (χ3v) is 3.03. The van der Waals surface area contributed by atoms with Crippen LogP contribution in [0.3, 0.4) is 0 Å². The van der Waals surface area contributed by atoms with Crippen molar-refractivity contribution in [3.05, 3.63) is 28.0 Å². The van der Waals surface area contributed by atoms with Gasteiger partial charge in [-0.3, -0.25) is 0 Å². The average Bonchev–Trinajstić information content (AvgIpc) is 2.67. The summed E-state index contributed by atoms with van der Waals surface area (Å²) in [6, 6.07) is 3.64. The van der Waals surface area contributed by atoms with Gasteiger partial charge in [0.15, 0.2) is 0 Å². The lowest BCUT2D eigenvalue weighted by molar-refractivity contribution is 0.0519. The van der Waals surface area contributed by atoms with Crippen LogP contribution in [-0.4, -0.2) is 22.5 Å². The summed E-state index contributed by atoms with van der Waals surface area (Å²) in [5, 5.41) is 0. The molecule has 0 atom stereocenters. The van der Waals surface area contributed by atoms with Crippen LogP contribution < -0.4 is 0 Å². The highest BCUT2D eigenvalue weighted by molar-refractivity contribution is 9.10. The summed E-state index contributed by atoms with van der Waals surface area (Å²) >= 11 is 9.15. The normalized spacial score (nSPS) is 10.8. The van der Waals surface area contributed by atoms with Crippen molar-refractivity contribution in [3.63, 3.8) is 0 Å². The lowest BCUT2D eigenvalue weighted by Crippen LogP contribution is -2.07. The zero-order valence-electron chi connectivity index (χ0n) is 9.09. The number of alkyl halides is 1. The molecule has 0 fully saturated rings. The van der Waals surface area contributed by atoms with E-state index in [4.69, 9.17) is 16.3 Å². The van der Waals surface area contributed by atoms with Crippen molar-refractivity contribution in [3.8, 4) is 0 Å². The van der Waals surface area contributed by atoms with E-state index in [1.807, 2.05) is 6.07 Å². The minimum absolute atomic E-state index is 0.206. The summed E-state index contributed by atoms with van der Waals surface area (Å²) in [6.07, 6.45) is 0. The number of aromatic amines is 1. The predicted octanol–water partition coefficient (Wildman–Crippen LogP) is 3.24. The van der Waals surface area contributed by atoms with Crippen LogP contribution in [-0.2, 0) is 10.6 Å². The monoisotopic (exact) mass is 316 g/mol. The summed E-state index contributed by atoms with van der Waals surface area (Å²) in [6.45, 7) is 2.09. The number of nitrogens with zero attached hydrogens (tertiary/aromatic N) is 1. The molecular weight excluding hydrogens is 307 g/mol. The summed E-state index contributed by atoms with van der Waals surface area (Å²) in [4.78, 5) is 19.0. The SMILES string of the molecule is CCOC(=O)c1[nH]c2ccc(Br)nc2c1CCl. The highest BCUT2D eigenvalue weighted by atomic mass is 79.9. The lowest BCUT2D eigenvalue weighted by atomic mass is 10.2. The van der Waals surface area contributed by atoms with Crippen molar-refractivity contribution in [2.24, 2.45) is 0 Å². The quantitative estimate of drug-likeness (QED) is 0.537. The Hall–Kier alpha value is -1.07. The molecule has 2 heterocycles. The van der Waals surface area contributed by atoms with Crippen molar-refractivity contribution in [1.29, 1.82) is 0 Å². The minimum atomic E-state index is -0.405. The molecule has 0 aliphatic carbocycles. The molecular formula is C11H10BrClN2O2. The van der Waals surface area contributed by atoms with E-state index in [2.05, 4.69) is 25.9 Å². The maximum absolute atomic E-state index is 11.7. The number of aromatic nitrogens is 2. The first-order chi connectivity index (χ1) is 8.17. The van der Waals surface area contributed by atoms with Gasteiger partial charge in [0.1, 0.15) is 10.3 Å². The number of ether oxygens (including phenoxy) is 1. The Morgan fingerprint density at radius 1 is 1.59 bits per heavy atom. The molecule has 0 unspecified atom stereocenters. The van der Waals surface area contributed by atoms with Gasteiger partial charge in [0.25, 0.3) is 0 Å². The Bertz CT molecular complexity index is 568. The number of hydrogen-bond donors (Lipinski definition) is 1. The van der Waals surface area contributed by atoms with Crippen LogP contribution in [0.15, 0.2) is 16.7 Å². The largest absolute Gasteiger partial charge is 0.461 e. The molecule has 2 rings (SSSR count). The molecule has 2 aromatic rings. The lowest BCUT2D eigenvalue weighted by Gasteiger charge is -2.00. The van der Waals surface area contributed by atoms with E-state index in [9.17, 15) is 4.79 Å². The van der Waals surface area contributed by atoms with Crippen molar-refractivity contribution in [1.82, 2.24) is 9.97 Å². The molecule has 17 heavy (non-hydrogen) atoms. The number of pyridine rings is 1. The molecule has 90 valence electrons. The molecule has 0 bridgehead atoms. The fourth-order valence-electron chi connectivity index (χ4n) is 1.60. The summed E-state index contributed by atoms with van der Waals surface area (Å²) in [5.74, 6) is -0.199. The summed E-state index contributed by atoms with van der Waals surface area (Å²) in [7, 11) is 0. The molecule has 0 saturated heterocycles. The Labute approximate surface area is 111 Å². The van der Waals surface area contributed by atoms with Gasteiger partial charge < -0.3 is 9.72 Å². The van der Waals surface area contributed by atoms with E-state index in [1.54, 1.807) is 13.0 Å². The highest BCUT2D eigenvalue weighted by Gasteiger charge is 2.19. The molecule has 6 heteroatoms. The van der Waals surface area contributed by atoms with Crippen molar-refractivity contribution in [2.45, 2.75) is 12.8 Å². The Morgan fingerprint density at radius 2 is 2.35 bits per heavy atom. The topological polar surface area (TPSA) is 55.0 Å². The standard InChI is InChI=1S/C11H10BrClN2O2/c1-2-17-11(16)10-6(5-13)9-7(14-10)3-4-8(12)15-9/h3-4,14H,2,5H2,1H3. The Balaban J connectivity index is 2.60. The van der Waals surface area contributed by atoms with Gasteiger partial charge in [-0.05, 0) is 35.0 Å². The first-order valence-corrected chi connectivity index (χ1v) is 6.40. The zero-order valence-corrected chi connectivity index (χ0v) is 11.4. The molecule has 0 aliphatic rings. The maximum Gasteiger partial charge on any atom is 0.355 e. The van der Waals surface area contributed by atoms with E-state index >= 15 is 0 Å². The number of H-pyrrole nitrogens is 1.